The minimum atomic E-state index is 0.297. The average molecular weight is 217 g/mol. The van der Waals surface area contributed by atoms with Crippen LogP contribution < -0.4 is 10.1 Å². The molecule has 0 spiro atoms. The number of rotatable bonds is 2. The van der Waals surface area contributed by atoms with E-state index in [0.717, 1.165) is 36.3 Å². The maximum Gasteiger partial charge on any atom is 0.143 e. The van der Waals surface area contributed by atoms with Crippen LogP contribution in [0.2, 0.25) is 0 Å². The number of pyridine rings is 1. The number of nitrogens with one attached hydrogen (secondary N) is 1. The van der Waals surface area contributed by atoms with E-state index < -0.39 is 0 Å². The molecule has 1 atom stereocenters. The van der Waals surface area contributed by atoms with E-state index in [1.54, 1.807) is 6.20 Å². The Hall–Kier alpha value is -1.55. The van der Waals surface area contributed by atoms with Crippen LogP contribution in [0, 0.1) is 0 Å². The predicted molar refractivity (Wildman–Crippen MR) is 62.6 cm³/mol. The van der Waals surface area contributed by atoms with Crippen molar-refractivity contribution in [1.82, 2.24) is 14.9 Å². The number of hydrogen-bond donors (Lipinski definition) is 1. The van der Waals surface area contributed by atoms with Gasteiger partial charge in [0, 0.05) is 26.0 Å². The Labute approximate surface area is 94.2 Å². The molecule has 4 nitrogen and oxygen atoms in total. The fourth-order valence-electron chi connectivity index (χ4n) is 2.15. The molecule has 1 N–H and O–H groups in total. The van der Waals surface area contributed by atoms with E-state index in [1.165, 1.54) is 0 Å². The van der Waals surface area contributed by atoms with Crippen molar-refractivity contribution in [2.45, 2.75) is 12.5 Å². The SMILES string of the molecule is Cn1ccc2c(O[C@H]3CCNC3)ccnc21. The van der Waals surface area contributed by atoms with Crippen LogP contribution in [0.3, 0.4) is 0 Å². The monoisotopic (exact) mass is 217 g/mol. The molecule has 0 amide bonds. The van der Waals surface area contributed by atoms with Crippen LogP contribution in [-0.4, -0.2) is 28.7 Å². The molecule has 2 aromatic heterocycles. The van der Waals surface area contributed by atoms with E-state index in [1.807, 2.05) is 23.9 Å². The molecule has 16 heavy (non-hydrogen) atoms. The number of fused-ring (bicyclic) bond motifs is 1. The maximum absolute atomic E-state index is 5.99. The molecule has 2 aromatic rings. The Morgan fingerprint density at radius 1 is 1.50 bits per heavy atom. The smallest absolute Gasteiger partial charge is 0.143 e. The zero-order chi connectivity index (χ0) is 11.0. The molecule has 1 saturated heterocycles. The van der Waals surface area contributed by atoms with E-state index in [4.69, 9.17) is 4.74 Å². The van der Waals surface area contributed by atoms with E-state index in [2.05, 4.69) is 16.4 Å². The Balaban J connectivity index is 1.96. The lowest BCUT2D eigenvalue weighted by molar-refractivity contribution is 0.226. The first-order chi connectivity index (χ1) is 7.84. The van der Waals surface area contributed by atoms with Crippen molar-refractivity contribution in [2.75, 3.05) is 13.1 Å². The van der Waals surface area contributed by atoms with Gasteiger partial charge in [-0.05, 0) is 25.1 Å². The molecule has 1 aliphatic rings. The van der Waals surface area contributed by atoms with Crippen molar-refractivity contribution in [3.63, 3.8) is 0 Å². The molecule has 0 bridgehead atoms. The van der Waals surface area contributed by atoms with Gasteiger partial charge in [-0.25, -0.2) is 4.98 Å². The number of aromatic nitrogens is 2. The number of aryl methyl sites for hydroxylation is 1. The summed E-state index contributed by atoms with van der Waals surface area (Å²) in [6.07, 6.45) is 5.19. The molecule has 0 aliphatic carbocycles. The van der Waals surface area contributed by atoms with Gasteiger partial charge in [-0.3, -0.25) is 0 Å². The van der Waals surface area contributed by atoms with Crippen LogP contribution in [0.5, 0.6) is 5.75 Å². The van der Waals surface area contributed by atoms with Crippen LogP contribution >= 0.6 is 0 Å². The summed E-state index contributed by atoms with van der Waals surface area (Å²) in [7, 11) is 2.00. The van der Waals surface area contributed by atoms with Crippen LogP contribution in [0.25, 0.3) is 11.0 Å². The van der Waals surface area contributed by atoms with Crippen molar-refractivity contribution < 1.29 is 4.74 Å². The molecule has 4 heteroatoms. The summed E-state index contributed by atoms with van der Waals surface area (Å²) >= 11 is 0. The minimum absolute atomic E-state index is 0.297. The summed E-state index contributed by atoms with van der Waals surface area (Å²) in [6.45, 7) is 1.99. The highest BCUT2D eigenvalue weighted by Gasteiger charge is 2.17. The van der Waals surface area contributed by atoms with E-state index in [0.29, 0.717) is 6.10 Å². The minimum Gasteiger partial charge on any atom is -0.488 e. The first-order valence-corrected chi connectivity index (χ1v) is 5.62. The molecule has 0 saturated carbocycles. The van der Waals surface area contributed by atoms with Gasteiger partial charge < -0.3 is 14.6 Å². The molecule has 1 fully saturated rings. The molecule has 3 heterocycles. The third-order valence-electron chi connectivity index (χ3n) is 3.04. The Bertz CT molecular complexity index is 500. The molecule has 3 rings (SSSR count). The molecule has 0 radical (unpaired) electrons. The normalized spacial score (nSPS) is 20.4. The zero-order valence-corrected chi connectivity index (χ0v) is 9.31. The van der Waals surface area contributed by atoms with Crippen LogP contribution in [0.4, 0.5) is 0 Å². The molecular weight excluding hydrogens is 202 g/mol. The molecule has 84 valence electrons. The van der Waals surface area contributed by atoms with Gasteiger partial charge in [0.05, 0.1) is 5.39 Å². The predicted octanol–water partition coefficient (Wildman–Crippen LogP) is 1.31. The summed E-state index contributed by atoms with van der Waals surface area (Å²) in [6, 6.07) is 4.00. The van der Waals surface area contributed by atoms with Crippen molar-refractivity contribution in [3.05, 3.63) is 24.5 Å². The van der Waals surface area contributed by atoms with E-state index in [9.17, 15) is 0 Å². The van der Waals surface area contributed by atoms with Gasteiger partial charge in [0.25, 0.3) is 0 Å². The summed E-state index contributed by atoms with van der Waals surface area (Å²) in [4.78, 5) is 4.34. The van der Waals surface area contributed by atoms with Gasteiger partial charge in [0.2, 0.25) is 0 Å². The highest BCUT2D eigenvalue weighted by atomic mass is 16.5. The summed E-state index contributed by atoms with van der Waals surface area (Å²) < 4.78 is 8.00. The second kappa shape index (κ2) is 3.79. The van der Waals surface area contributed by atoms with Gasteiger partial charge in [-0.15, -0.1) is 0 Å². The highest BCUT2D eigenvalue weighted by Crippen LogP contribution is 2.25. The summed E-state index contributed by atoms with van der Waals surface area (Å²) in [5.74, 6) is 0.944. The van der Waals surface area contributed by atoms with Gasteiger partial charge in [0.15, 0.2) is 0 Å². The summed E-state index contributed by atoms with van der Waals surface area (Å²) in [5.41, 5.74) is 0.975. The number of ether oxygens (including phenoxy) is 1. The lowest BCUT2D eigenvalue weighted by atomic mass is 10.3. The third-order valence-corrected chi connectivity index (χ3v) is 3.04. The van der Waals surface area contributed by atoms with Crippen molar-refractivity contribution in [3.8, 4) is 5.75 Å². The van der Waals surface area contributed by atoms with Gasteiger partial charge in [-0.1, -0.05) is 0 Å². The van der Waals surface area contributed by atoms with Crippen molar-refractivity contribution in [2.24, 2.45) is 7.05 Å². The second-order valence-electron chi connectivity index (χ2n) is 4.21. The Morgan fingerprint density at radius 2 is 2.44 bits per heavy atom. The lowest BCUT2D eigenvalue weighted by Gasteiger charge is -2.13. The highest BCUT2D eigenvalue weighted by molar-refractivity contribution is 5.82. The first kappa shape index (κ1) is 9.66. The van der Waals surface area contributed by atoms with Crippen LogP contribution in [-0.2, 0) is 7.05 Å². The maximum atomic E-state index is 5.99. The molecule has 0 unspecified atom stereocenters. The van der Waals surface area contributed by atoms with Crippen LogP contribution in [0.15, 0.2) is 24.5 Å². The Kier molecular flexibility index (Phi) is 2.29. The fourth-order valence-corrected chi connectivity index (χ4v) is 2.15. The summed E-state index contributed by atoms with van der Waals surface area (Å²) in [5, 5.41) is 4.39. The molecule has 0 aromatic carbocycles. The lowest BCUT2D eigenvalue weighted by Crippen LogP contribution is -2.19. The number of nitrogens with zero attached hydrogens (tertiary/aromatic N) is 2. The molecule has 1 aliphatic heterocycles. The van der Waals surface area contributed by atoms with Crippen LogP contribution in [0.1, 0.15) is 6.42 Å². The van der Waals surface area contributed by atoms with Crippen molar-refractivity contribution >= 4 is 11.0 Å². The van der Waals surface area contributed by atoms with Gasteiger partial charge in [-0.2, -0.15) is 0 Å². The molecular formula is C12H15N3O. The standard InChI is InChI=1S/C12H15N3O/c1-15-7-4-10-11(3-6-14-12(10)15)16-9-2-5-13-8-9/h3-4,6-7,9,13H,2,5,8H2,1H3/t9-/m0/s1. The number of hydrogen-bond acceptors (Lipinski definition) is 3. The van der Waals surface area contributed by atoms with E-state index >= 15 is 0 Å². The quantitative estimate of drug-likeness (QED) is 0.824. The second-order valence-corrected chi connectivity index (χ2v) is 4.21. The van der Waals surface area contributed by atoms with Gasteiger partial charge >= 0.3 is 0 Å². The topological polar surface area (TPSA) is 39.1 Å². The van der Waals surface area contributed by atoms with E-state index in [-0.39, 0.29) is 0 Å². The fraction of sp³-hybridized carbons (Fsp3) is 0.417. The zero-order valence-electron chi connectivity index (χ0n) is 9.31. The third kappa shape index (κ3) is 1.55. The Morgan fingerprint density at radius 3 is 3.25 bits per heavy atom. The van der Waals surface area contributed by atoms with Crippen molar-refractivity contribution in [1.29, 1.82) is 0 Å². The largest absolute Gasteiger partial charge is 0.488 e. The first-order valence-electron chi connectivity index (χ1n) is 5.62. The average Bonchev–Trinajstić information content (AvgIpc) is 2.90. The van der Waals surface area contributed by atoms with Gasteiger partial charge in [0.1, 0.15) is 17.5 Å².